The number of carbonyl (C=O) groups is 1. The van der Waals surface area contributed by atoms with Gasteiger partial charge in [0.1, 0.15) is 0 Å². The van der Waals surface area contributed by atoms with E-state index < -0.39 is 5.97 Å². The van der Waals surface area contributed by atoms with Gasteiger partial charge in [-0.25, -0.2) is 0 Å². The summed E-state index contributed by atoms with van der Waals surface area (Å²) in [5, 5.41) is 8.54. The molecule has 0 atom stereocenters. The molecular formula is C11H12O2S2. The maximum Gasteiger partial charge on any atom is 0.313 e. The Balaban J connectivity index is 2.78. The highest BCUT2D eigenvalue weighted by Crippen LogP contribution is 2.18. The van der Waals surface area contributed by atoms with Crippen molar-refractivity contribution in [1.29, 1.82) is 0 Å². The molecule has 1 rings (SSSR count). The zero-order valence-corrected chi connectivity index (χ0v) is 10.2. The van der Waals surface area contributed by atoms with Crippen LogP contribution in [-0.2, 0) is 4.79 Å². The van der Waals surface area contributed by atoms with Crippen LogP contribution in [0.25, 0.3) is 0 Å². The summed E-state index contributed by atoms with van der Waals surface area (Å²) >= 11 is 6.36. The minimum atomic E-state index is -0.841. The SMILES string of the molecule is Cc1ccc(C(=S)SCC(=O)O)c(C)c1. The van der Waals surface area contributed by atoms with Crippen LogP contribution < -0.4 is 0 Å². The average molecular weight is 240 g/mol. The van der Waals surface area contributed by atoms with Crippen LogP contribution >= 0.6 is 24.0 Å². The molecule has 0 aliphatic heterocycles. The fourth-order valence-electron chi connectivity index (χ4n) is 1.25. The third-order valence-corrected chi connectivity index (χ3v) is 3.38. The Morgan fingerprint density at radius 3 is 2.67 bits per heavy atom. The number of thiocarbonyl (C=S) groups is 1. The Morgan fingerprint density at radius 1 is 1.47 bits per heavy atom. The number of rotatable bonds is 3. The van der Waals surface area contributed by atoms with Crippen LogP contribution in [0.3, 0.4) is 0 Å². The van der Waals surface area contributed by atoms with Gasteiger partial charge in [0.05, 0.1) is 9.95 Å². The quantitative estimate of drug-likeness (QED) is 0.824. The van der Waals surface area contributed by atoms with Crippen LogP contribution in [0.1, 0.15) is 16.7 Å². The summed E-state index contributed by atoms with van der Waals surface area (Å²) in [5.41, 5.74) is 3.24. The fraction of sp³-hybridized carbons (Fsp3) is 0.273. The van der Waals surface area contributed by atoms with Crippen LogP contribution in [0.5, 0.6) is 0 Å². The van der Waals surface area contributed by atoms with Crippen LogP contribution in [0.2, 0.25) is 0 Å². The Hall–Kier alpha value is -0.870. The number of aliphatic carboxylic acids is 1. The highest BCUT2D eigenvalue weighted by molar-refractivity contribution is 8.24. The smallest absolute Gasteiger partial charge is 0.313 e. The average Bonchev–Trinajstić information content (AvgIpc) is 2.14. The number of hydrogen-bond donors (Lipinski definition) is 1. The molecule has 80 valence electrons. The van der Waals surface area contributed by atoms with Crippen LogP contribution in [0.4, 0.5) is 0 Å². The van der Waals surface area contributed by atoms with Crippen molar-refractivity contribution in [3.05, 3.63) is 34.9 Å². The molecule has 1 N–H and O–H groups in total. The Kier molecular flexibility index (Phi) is 4.29. The van der Waals surface area contributed by atoms with Gasteiger partial charge in [0.15, 0.2) is 0 Å². The van der Waals surface area contributed by atoms with E-state index in [1.807, 2.05) is 32.0 Å². The van der Waals surface area contributed by atoms with Gasteiger partial charge in [-0.1, -0.05) is 36.0 Å². The number of hydrogen-bond acceptors (Lipinski definition) is 3. The molecule has 1 aromatic carbocycles. The Bertz CT molecular complexity index is 400. The second-order valence-corrected chi connectivity index (χ2v) is 4.94. The first kappa shape index (κ1) is 12.2. The van der Waals surface area contributed by atoms with Crippen molar-refractivity contribution in [1.82, 2.24) is 0 Å². The second kappa shape index (κ2) is 5.28. The number of carboxylic acid groups (broad SMARTS) is 1. The lowest BCUT2D eigenvalue weighted by Gasteiger charge is -2.06. The molecule has 0 aromatic heterocycles. The Morgan fingerprint density at radius 2 is 2.13 bits per heavy atom. The van der Waals surface area contributed by atoms with Gasteiger partial charge in [-0.2, -0.15) is 0 Å². The largest absolute Gasteiger partial charge is 0.481 e. The lowest BCUT2D eigenvalue weighted by atomic mass is 10.1. The van der Waals surface area contributed by atoms with Gasteiger partial charge in [0.25, 0.3) is 0 Å². The molecule has 0 amide bonds. The normalized spacial score (nSPS) is 10.0. The van der Waals surface area contributed by atoms with Crippen LogP contribution in [0.15, 0.2) is 18.2 Å². The van der Waals surface area contributed by atoms with E-state index in [4.69, 9.17) is 17.3 Å². The summed E-state index contributed by atoms with van der Waals surface area (Å²) in [7, 11) is 0. The summed E-state index contributed by atoms with van der Waals surface area (Å²) in [6.07, 6.45) is 0. The van der Waals surface area contributed by atoms with Gasteiger partial charge in [0, 0.05) is 5.56 Å². The van der Waals surface area contributed by atoms with Gasteiger partial charge in [-0.3, -0.25) is 4.79 Å². The van der Waals surface area contributed by atoms with Gasteiger partial charge in [-0.15, -0.1) is 11.8 Å². The first-order chi connectivity index (χ1) is 7.00. The lowest BCUT2D eigenvalue weighted by Crippen LogP contribution is -2.03. The summed E-state index contributed by atoms with van der Waals surface area (Å²) in [4.78, 5) is 10.4. The highest BCUT2D eigenvalue weighted by atomic mass is 32.2. The molecule has 4 heteroatoms. The first-order valence-corrected chi connectivity index (χ1v) is 5.86. The van der Waals surface area contributed by atoms with E-state index in [2.05, 4.69) is 0 Å². The molecule has 0 heterocycles. The molecule has 1 aromatic rings. The van der Waals surface area contributed by atoms with Gasteiger partial charge >= 0.3 is 5.97 Å². The third-order valence-electron chi connectivity index (χ3n) is 1.93. The molecule has 0 saturated heterocycles. The first-order valence-electron chi connectivity index (χ1n) is 4.47. The molecule has 0 aliphatic rings. The van der Waals surface area contributed by atoms with Crippen molar-refractivity contribution >= 4 is 34.1 Å². The predicted octanol–water partition coefficient (Wildman–Crippen LogP) is 2.80. The van der Waals surface area contributed by atoms with Crippen molar-refractivity contribution in [2.24, 2.45) is 0 Å². The predicted molar refractivity (Wildman–Crippen MR) is 67.7 cm³/mol. The van der Waals surface area contributed by atoms with E-state index in [-0.39, 0.29) is 5.75 Å². The van der Waals surface area contributed by atoms with Gasteiger partial charge in [0.2, 0.25) is 0 Å². The van der Waals surface area contributed by atoms with Crippen molar-refractivity contribution in [3.63, 3.8) is 0 Å². The van der Waals surface area contributed by atoms with Crippen molar-refractivity contribution in [2.75, 3.05) is 5.75 Å². The molecule has 0 radical (unpaired) electrons. The summed E-state index contributed by atoms with van der Waals surface area (Å²) in [6.45, 7) is 4.00. The van der Waals surface area contributed by atoms with E-state index >= 15 is 0 Å². The van der Waals surface area contributed by atoms with E-state index in [0.29, 0.717) is 4.20 Å². The molecule has 15 heavy (non-hydrogen) atoms. The number of aryl methyl sites for hydroxylation is 2. The van der Waals surface area contributed by atoms with Crippen LogP contribution in [-0.4, -0.2) is 21.0 Å². The molecule has 0 unspecified atom stereocenters. The summed E-state index contributed by atoms with van der Waals surface area (Å²) < 4.78 is 0.648. The highest BCUT2D eigenvalue weighted by Gasteiger charge is 2.07. The van der Waals surface area contributed by atoms with E-state index in [0.717, 1.165) is 11.1 Å². The molecule has 0 saturated carbocycles. The Labute approximate surface area is 98.7 Å². The lowest BCUT2D eigenvalue weighted by molar-refractivity contribution is -0.133. The van der Waals surface area contributed by atoms with Crippen molar-refractivity contribution in [3.8, 4) is 0 Å². The summed E-state index contributed by atoms with van der Waals surface area (Å²) in [5.74, 6) is -0.821. The molecule has 0 spiro atoms. The second-order valence-electron chi connectivity index (χ2n) is 3.29. The summed E-state index contributed by atoms with van der Waals surface area (Å²) in [6, 6.07) is 5.97. The monoisotopic (exact) mass is 240 g/mol. The number of carboxylic acids is 1. The third kappa shape index (κ3) is 3.64. The van der Waals surface area contributed by atoms with Gasteiger partial charge in [-0.05, 0) is 19.4 Å². The van der Waals surface area contributed by atoms with E-state index in [9.17, 15) is 4.79 Å². The van der Waals surface area contributed by atoms with Crippen molar-refractivity contribution < 1.29 is 9.90 Å². The molecule has 0 fully saturated rings. The maximum atomic E-state index is 10.4. The van der Waals surface area contributed by atoms with E-state index in [1.165, 1.54) is 17.3 Å². The van der Waals surface area contributed by atoms with Gasteiger partial charge < -0.3 is 5.11 Å². The van der Waals surface area contributed by atoms with E-state index in [1.54, 1.807) is 0 Å². The van der Waals surface area contributed by atoms with Crippen molar-refractivity contribution in [2.45, 2.75) is 13.8 Å². The standard InChI is InChI=1S/C11H12O2S2/c1-7-3-4-9(8(2)5-7)11(14)15-6-10(12)13/h3-5H,6H2,1-2H3,(H,12,13). The fourth-order valence-corrected chi connectivity index (χ4v) is 2.29. The zero-order chi connectivity index (χ0) is 11.4. The van der Waals surface area contributed by atoms with Crippen LogP contribution in [0, 0.1) is 13.8 Å². The zero-order valence-electron chi connectivity index (χ0n) is 8.61. The number of thioether (sulfide) groups is 1. The minimum absolute atomic E-state index is 0.0200. The maximum absolute atomic E-state index is 10.4. The topological polar surface area (TPSA) is 37.3 Å². The molecular weight excluding hydrogens is 228 g/mol. The number of benzene rings is 1. The molecule has 0 aliphatic carbocycles. The molecule has 2 nitrogen and oxygen atoms in total. The molecule has 0 bridgehead atoms. The minimum Gasteiger partial charge on any atom is -0.481 e.